The number of amides is 1. The number of carbonyl (C=O) groups is 1. The van der Waals surface area contributed by atoms with Gasteiger partial charge in [0.2, 0.25) is 5.91 Å². The number of carbonyl (C=O) groups excluding carboxylic acids is 1. The molecule has 5 heteroatoms. The van der Waals surface area contributed by atoms with Crippen LogP contribution in [0.15, 0.2) is 48.5 Å². The Morgan fingerprint density at radius 2 is 2.00 bits per heavy atom. The minimum Gasteiger partial charge on any atom is -0.497 e. The molecule has 1 saturated heterocycles. The van der Waals surface area contributed by atoms with Gasteiger partial charge in [-0.1, -0.05) is 18.2 Å². The fourth-order valence-electron chi connectivity index (χ4n) is 3.44. The van der Waals surface area contributed by atoms with E-state index in [0.717, 1.165) is 28.3 Å². The van der Waals surface area contributed by atoms with E-state index in [4.69, 9.17) is 9.72 Å². The number of para-hydroxylation sites is 2. The molecule has 1 aliphatic rings. The number of ether oxygens (including phenoxy) is 1. The van der Waals surface area contributed by atoms with Crippen LogP contribution in [0.4, 0.5) is 5.69 Å². The van der Waals surface area contributed by atoms with Crippen molar-refractivity contribution in [3.63, 3.8) is 0 Å². The predicted molar refractivity (Wildman–Crippen MR) is 93.4 cm³/mol. The Morgan fingerprint density at radius 1 is 1.17 bits per heavy atom. The fourth-order valence-corrected chi connectivity index (χ4v) is 3.44. The molecule has 1 unspecified atom stereocenters. The lowest BCUT2D eigenvalue weighted by Crippen LogP contribution is -2.24. The summed E-state index contributed by atoms with van der Waals surface area (Å²) in [5.41, 5.74) is 2.95. The third-order valence-corrected chi connectivity index (χ3v) is 4.68. The lowest BCUT2D eigenvalue weighted by molar-refractivity contribution is -0.117. The van der Waals surface area contributed by atoms with Crippen LogP contribution in [0.5, 0.6) is 5.75 Å². The second kappa shape index (κ2) is 5.67. The molecule has 1 amide bonds. The SMILES string of the molecule is COc1cccc(N2CC(c3nc4ccccc4n3C)CC2=O)c1. The zero-order chi connectivity index (χ0) is 16.7. The van der Waals surface area contributed by atoms with Crippen LogP contribution in [0.25, 0.3) is 11.0 Å². The summed E-state index contributed by atoms with van der Waals surface area (Å²) >= 11 is 0. The average Bonchev–Trinajstić information content (AvgIpc) is 3.16. The molecule has 0 saturated carbocycles. The first-order valence-corrected chi connectivity index (χ1v) is 8.03. The second-order valence-corrected chi connectivity index (χ2v) is 6.12. The Hall–Kier alpha value is -2.82. The summed E-state index contributed by atoms with van der Waals surface area (Å²) < 4.78 is 7.37. The van der Waals surface area contributed by atoms with Gasteiger partial charge >= 0.3 is 0 Å². The molecule has 0 bridgehead atoms. The Morgan fingerprint density at radius 3 is 2.79 bits per heavy atom. The number of nitrogens with zero attached hydrogens (tertiary/aromatic N) is 3. The van der Waals surface area contributed by atoms with E-state index >= 15 is 0 Å². The summed E-state index contributed by atoms with van der Waals surface area (Å²) in [7, 11) is 3.65. The molecule has 24 heavy (non-hydrogen) atoms. The molecule has 1 atom stereocenters. The van der Waals surface area contributed by atoms with Crippen molar-refractivity contribution in [2.24, 2.45) is 7.05 Å². The first-order chi connectivity index (χ1) is 11.7. The van der Waals surface area contributed by atoms with E-state index in [2.05, 4.69) is 10.6 Å². The molecule has 1 aromatic heterocycles. The van der Waals surface area contributed by atoms with Gasteiger partial charge in [0.1, 0.15) is 11.6 Å². The van der Waals surface area contributed by atoms with Gasteiger partial charge in [-0.05, 0) is 24.3 Å². The average molecular weight is 321 g/mol. The molecule has 2 aromatic carbocycles. The van der Waals surface area contributed by atoms with Crippen LogP contribution >= 0.6 is 0 Å². The largest absolute Gasteiger partial charge is 0.497 e. The smallest absolute Gasteiger partial charge is 0.227 e. The molecule has 2 heterocycles. The van der Waals surface area contributed by atoms with Crippen molar-refractivity contribution in [2.75, 3.05) is 18.6 Å². The van der Waals surface area contributed by atoms with Crippen molar-refractivity contribution in [2.45, 2.75) is 12.3 Å². The Kier molecular flexibility index (Phi) is 3.49. The first kappa shape index (κ1) is 14.8. The van der Waals surface area contributed by atoms with Gasteiger partial charge in [0.15, 0.2) is 0 Å². The van der Waals surface area contributed by atoms with Crippen LogP contribution in [0, 0.1) is 0 Å². The number of aryl methyl sites for hydroxylation is 1. The van der Waals surface area contributed by atoms with Crippen LogP contribution in [-0.2, 0) is 11.8 Å². The van der Waals surface area contributed by atoms with Crippen LogP contribution in [0.1, 0.15) is 18.2 Å². The van der Waals surface area contributed by atoms with Crippen molar-refractivity contribution in [3.05, 3.63) is 54.4 Å². The number of hydrogen-bond acceptors (Lipinski definition) is 3. The Balaban J connectivity index is 1.66. The molecule has 3 aromatic rings. The van der Waals surface area contributed by atoms with Gasteiger partial charge in [0.05, 0.1) is 18.1 Å². The summed E-state index contributed by atoms with van der Waals surface area (Å²) in [6.45, 7) is 0.642. The third kappa shape index (κ3) is 2.33. The molecular weight excluding hydrogens is 302 g/mol. The maximum Gasteiger partial charge on any atom is 0.227 e. The highest BCUT2D eigenvalue weighted by molar-refractivity contribution is 5.96. The predicted octanol–water partition coefficient (Wildman–Crippen LogP) is 3.10. The van der Waals surface area contributed by atoms with Gasteiger partial charge in [-0.3, -0.25) is 4.79 Å². The number of imidazole rings is 1. The second-order valence-electron chi connectivity index (χ2n) is 6.12. The molecule has 122 valence electrons. The van der Waals surface area contributed by atoms with E-state index in [1.807, 2.05) is 54.4 Å². The van der Waals surface area contributed by atoms with E-state index < -0.39 is 0 Å². The highest BCUT2D eigenvalue weighted by Gasteiger charge is 2.34. The van der Waals surface area contributed by atoms with Crippen molar-refractivity contribution in [1.82, 2.24) is 9.55 Å². The van der Waals surface area contributed by atoms with Gasteiger partial charge in [0.25, 0.3) is 0 Å². The molecule has 1 aliphatic heterocycles. The highest BCUT2D eigenvalue weighted by atomic mass is 16.5. The number of fused-ring (bicyclic) bond motifs is 1. The Bertz CT molecular complexity index is 916. The molecular formula is C19H19N3O2. The summed E-state index contributed by atoms with van der Waals surface area (Å²) in [5.74, 6) is 1.95. The number of anilines is 1. The molecule has 1 fully saturated rings. The Labute approximate surface area is 140 Å². The minimum absolute atomic E-state index is 0.0982. The van der Waals surface area contributed by atoms with Crippen molar-refractivity contribution in [3.8, 4) is 5.75 Å². The van der Waals surface area contributed by atoms with Gasteiger partial charge in [-0.2, -0.15) is 0 Å². The van der Waals surface area contributed by atoms with Gasteiger partial charge in [0, 0.05) is 37.7 Å². The molecule has 4 rings (SSSR count). The van der Waals surface area contributed by atoms with Crippen LogP contribution in [-0.4, -0.2) is 29.1 Å². The molecule has 0 aliphatic carbocycles. The summed E-state index contributed by atoms with van der Waals surface area (Å²) in [5, 5.41) is 0. The molecule has 0 spiro atoms. The van der Waals surface area contributed by atoms with E-state index in [1.54, 1.807) is 7.11 Å². The van der Waals surface area contributed by atoms with E-state index in [0.29, 0.717) is 13.0 Å². The third-order valence-electron chi connectivity index (χ3n) is 4.68. The van der Waals surface area contributed by atoms with E-state index in [9.17, 15) is 4.79 Å². The van der Waals surface area contributed by atoms with Gasteiger partial charge in [-0.25, -0.2) is 4.98 Å². The highest BCUT2D eigenvalue weighted by Crippen LogP contribution is 2.33. The zero-order valence-corrected chi connectivity index (χ0v) is 13.8. The summed E-state index contributed by atoms with van der Waals surface area (Å²) in [6.07, 6.45) is 0.481. The number of benzene rings is 2. The summed E-state index contributed by atoms with van der Waals surface area (Å²) in [6, 6.07) is 15.7. The van der Waals surface area contributed by atoms with E-state index in [1.165, 1.54) is 0 Å². The van der Waals surface area contributed by atoms with Crippen LogP contribution in [0.2, 0.25) is 0 Å². The minimum atomic E-state index is 0.0982. The standard InChI is InChI=1S/C19H19N3O2/c1-21-17-9-4-3-8-16(17)20-19(21)13-10-18(23)22(12-13)14-6-5-7-15(11-14)24-2/h3-9,11,13H,10,12H2,1-2H3. The number of hydrogen-bond donors (Lipinski definition) is 0. The van der Waals surface area contributed by atoms with Crippen molar-refractivity contribution < 1.29 is 9.53 Å². The molecule has 0 N–H and O–H groups in total. The summed E-state index contributed by atoms with van der Waals surface area (Å²) in [4.78, 5) is 19.1. The number of rotatable bonds is 3. The maximum absolute atomic E-state index is 12.5. The molecule has 0 radical (unpaired) electrons. The molecule has 5 nitrogen and oxygen atoms in total. The monoisotopic (exact) mass is 321 g/mol. The maximum atomic E-state index is 12.5. The fraction of sp³-hybridized carbons (Fsp3) is 0.263. The lowest BCUT2D eigenvalue weighted by atomic mass is 10.1. The quantitative estimate of drug-likeness (QED) is 0.745. The van der Waals surface area contributed by atoms with Crippen LogP contribution < -0.4 is 9.64 Å². The lowest BCUT2D eigenvalue weighted by Gasteiger charge is -2.17. The number of aromatic nitrogens is 2. The zero-order valence-electron chi connectivity index (χ0n) is 13.8. The van der Waals surface area contributed by atoms with Gasteiger partial charge < -0.3 is 14.2 Å². The van der Waals surface area contributed by atoms with Crippen molar-refractivity contribution >= 4 is 22.6 Å². The van der Waals surface area contributed by atoms with Crippen LogP contribution in [0.3, 0.4) is 0 Å². The normalized spacial score (nSPS) is 17.7. The number of methoxy groups -OCH3 is 1. The van der Waals surface area contributed by atoms with Gasteiger partial charge in [-0.15, -0.1) is 0 Å². The van der Waals surface area contributed by atoms with Crippen molar-refractivity contribution in [1.29, 1.82) is 0 Å². The topological polar surface area (TPSA) is 47.4 Å². The van der Waals surface area contributed by atoms with E-state index in [-0.39, 0.29) is 11.8 Å². The first-order valence-electron chi connectivity index (χ1n) is 8.03.